The van der Waals surface area contributed by atoms with Gasteiger partial charge in [-0.1, -0.05) is 25.1 Å². The molecule has 0 amide bonds. The second-order valence-corrected chi connectivity index (χ2v) is 5.80. The molecule has 0 fully saturated rings. The predicted octanol–water partition coefficient (Wildman–Crippen LogP) is 1.38. The van der Waals surface area contributed by atoms with Gasteiger partial charge in [0.2, 0.25) is 10.0 Å². The Morgan fingerprint density at radius 3 is 2.50 bits per heavy atom. The number of hydrogen-bond acceptors (Lipinski definition) is 3. The summed E-state index contributed by atoms with van der Waals surface area (Å²) in [5, 5.41) is 8.86. The van der Waals surface area contributed by atoms with Crippen LogP contribution in [0.15, 0.2) is 29.2 Å². The predicted molar refractivity (Wildman–Crippen MR) is 67.8 cm³/mol. The maximum absolute atomic E-state index is 12.0. The van der Waals surface area contributed by atoms with E-state index in [1.165, 1.54) is 6.07 Å². The van der Waals surface area contributed by atoms with Crippen molar-refractivity contribution in [3.05, 3.63) is 29.8 Å². The Bertz CT molecular complexity index is 525. The van der Waals surface area contributed by atoms with Crippen LogP contribution >= 0.6 is 0 Å². The van der Waals surface area contributed by atoms with Gasteiger partial charge in [0, 0.05) is 6.54 Å². The molecule has 0 spiro atoms. The Morgan fingerprint density at radius 2 is 2.00 bits per heavy atom. The van der Waals surface area contributed by atoms with Crippen molar-refractivity contribution in [2.24, 2.45) is 5.92 Å². The van der Waals surface area contributed by atoms with Crippen molar-refractivity contribution in [2.75, 3.05) is 6.54 Å². The summed E-state index contributed by atoms with van der Waals surface area (Å²) in [4.78, 5) is 11.0. The van der Waals surface area contributed by atoms with Gasteiger partial charge >= 0.3 is 5.97 Å². The molecule has 100 valence electrons. The summed E-state index contributed by atoms with van der Waals surface area (Å²) >= 11 is 0. The van der Waals surface area contributed by atoms with Gasteiger partial charge in [-0.05, 0) is 25.0 Å². The Labute approximate surface area is 107 Å². The van der Waals surface area contributed by atoms with E-state index in [9.17, 15) is 13.2 Å². The van der Waals surface area contributed by atoms with E-state index in [-0.39, 0.29) is 11.4 Å². The van der Waals surface area contributed by atoms with Crippen molar-refractivity contribution in [2.45, 2.75) is 25.2 Å². The highest BCUT2D eigenvalue weighted by Crippen LogP contribution is 2.14. The van der Waals surface area contributed by atoms with E-state index in [0.717, 1.165) is 0 Å². The van der Waals surface area contributed by atoms with Gasteiger partial charge in [0.25, 0.3) is 0 Å². The van der Waals surface area contributed by atoms with Crippen molar-refractivity contribution in [1.82, 2.24) is 4.72 Å². The maximum Gasteiger partial charge on any atom is 0.307 e. The van der Waals surface area contributed by atoms with Gasteiger partial charge in [-0.2, -0.15) is 0 Å². The molecule has 0 aliphatic heterocycles. The number of carboxylic acids is 1. The third-order valence-electron chi connectivity index (χ3n) is 2.74. The number of rotatable bonds is 6. The van der Waals surface area contributed by atoms with Crippen molar-refractivity contribution < 1.29 is 18.3 Å². The number of sulfonamides is 1. The second-order valence-electron chi connectivity index (χ2n) is 4.06. The standard InChI is InChI=1S/C12H17NO4S/c1-3-10(12(14)15)8-13-18(16,17)11-7-5-4-6-9(11)2/h4-7,10,13H,3,8H2,1-2H3,(H,14,15). The highest BCUT2D eigenvalue weighted by molar-refractivity contribution is 7.89. The third kappa shape index (κ3) is 3.54. The average Bonchev–Trinajstić information content (AvgIpc) is 2.29. The molecule has 0 saturated carbocycles. The quantitative estimate of drug-likeness (QED) is 0.819. The van der Waals surface area contributed by atoms with Crippen molar-refractivity contribution >= 4 is 16.0 Å². The molecule has 0 radical (unpaired) electrons. The van der Waals surface area contributed by atoms with Gasteiger partial charge in [-0.25, -0.2) is 13.1 Å². The molecule has 0 aromatic heterocycles. The van der Waals surface area contributed by atoms with Gasteiger partial charge in [-0.15, -0.1) is 0 Å². The monoisotopic (exact) mass is 271 g/mol. The fourth-order valence-electron chi connectivity index (χ4n) is 1.55. The van der Waals surface area contributed by atoms with Crippen LogP contribution in [-0.2, 0) is 14.8 Å². The number of carbonyl (C=O) groups is 1. The lowest BCUT2D eigenvalue weighted by atomic mass is 10.1. The first-order valence-electron chi connectivity index (χ1n) is 5.66. The van der Waals surface area contributed by atoms with Gasteiger partial charge in [0.05, 0.1) is 10.8 Å². The summed E-state index contributed by atoms with van der Waals surface area (Å²) in [6.45, 7) is 3.31. The smallest absolute Gasteiger partial charge is 0.307 e. The number of nitrogens with one attached hydrogen (secondary N) is 1. The average molecular weight is 271 g/mol. The van der Waals surface area contributed by atoms with Crippen LogP contribution in [0.2, 0.25) is 0 Å². The van der Waals surface area contributed by atoms with E-state index in [1.54, 1.807) is 32.0 Å². The zero-order valence-electron chi connectivity index (χ0n) is 10.4. The molecular formula is C12H17NO4S. The maximum atomic E-state index is 12.0. The molecule has 18 heavy (non-hydrogen) atoms. The Morgan fingerprint density at radius 1 is 1.39 bits per heavy atom. The first kappa shape index (κ1) is 14.7. The minimum absolute atomic E-state index is 0.0947. The summed E-state index contributed by atoms with van der Waals surface area (Å²) < 4.78 is 26.3. The molecule has 0 bridgehead atoms. The zero-order chi connectivity index (χ0) is 13.8. The largest absolute Gasteiger partial charge is 0.481 e. The van der Waals surface area contributed by atoms with E-state index >= 15 is 0 Å². The molecule has 1 aromatic rings. The highest BCUT2D eigenvalue weighted by atomic mass is 32.2. The fraction of sp³-hybridized carbons (Fsp3) is 0.417. The third-order valence-corrected chi connectivity index (χ3v) is 4.33. The summed E-state index contributed by atoms with van der Waals surface area (Å²) in [5.41, 5.74) is 0.633. The molecule has 5 nitrogen and oxygen atoms in total. The molecule has 1 unspecified atom stereocenters. The van der Waals surface area contributed by atoms with E-state index in [4.69, 9.17) is 5.11 Å². The molecule has 2 N–H and O–H groups in total. The first-order valence-corrected chi connectivity index (χ1v) is 7.15. The van der Waals surface area contributed by atoms with Crippen LogP contribution in [-0.4, -0.2) is 26.0 Å². The Kier molecular flexibility index (Phi) is 4.86. The van der Waals surface area contributed by atoms with Crippen LogP contribution in [0, 0.1) is 12.8 Å². The van der Waals surface area contributed by atoms with E-state index < -0.39 is 21.9 Å². The molecule has 6 heteroatoms. The fourth-order valence-corrected chi connectivity index (χ4v) is 2.88. The van der Waals surface area contributed by atoms with E-state index in [2.05, 4.69) is 4.72 Å². The van der Waals surface area contributed by atoms with Gasteiger partial charge in [0.1, 0.15) is 0 Å². The topological polar surface area (TPSA) is 83.5 Å². The summed E-state index contributed by atoms with van der Waals surface area (Å²) in [6.07, 6.45) is 0.381. The van der Waals surface area contributed by atoms with Gasteiger partial charge in [-0.3, -0.25) is 4.79 Å². The van der Waals surface area contributed by atoms with Crippen molar-refractivity contribution in [1.29, 1.82) is 0 Å². The number of aliphatic carboxylic acids is 1. The first-order chi connectivity index (χ1) is 8.38. The highest BCUT2D eigenvalue weighted by Gasteiger charge is 2.21. The van der Waals surface area contributed by atoms with Crippen LogP contribution in [0.1, 0.15) is 18.9 Å². The minimum atomic E-state index is -3.64. The summed E-state index contributed by atoms with van der Waals surface area (Å²) in [5.74, 6) is -1.70. The van der Waals surface area contributed by atoms with Gasteiger partial charge < -0.3 is 5.11 Å². The molecule has 0 aliphatic carbocycles. The van der Waals surface area contributed by atoms with Crippen LogP contribution in [0.3, 0.4) is 0 Å². The van der Waals surface area contributed by atoms with Gasteiger partial charge in [0.15, 0.2) is 0 Å². The lowest BCUT2D eigenvalue weighted by molar-refractivity contribution is -0.141. The minimum Gasteiger partial charge on any atom is -0.481 e. The normalized spacial score (nSPS) is 13.2. The second kappa shape index (κ2) is 5.97. The van der Waals surface area contributed by atoms with Crippen molar-refractivity contribution in [3.8, 4) is 0 Å². The van der Waals surface area contributed by atoms with Crippen LogP contribution in [0.4, 0.5) is 0 Å². The molecule has 0 heterocycles. The zero-order valence-corrected chi connectivity index (χ0v) is 11.2. The number of aryl methyl sites for hydroxylation is 1. The van der Waals surface area contributed by atoms with Crippen molar-refractivity contribution in [3.63, 3.8) is 0 Å². The molecule has 1 rings (SSSR count). The van der Waals surface area contributed by atoms with Crippen LogP contribution < -0.4 is 4.72 Å². The summed E-state index contributed by atoms with van der Waals surface area (Å²) in [7, 11) is -3.64. The molecule has 1 atom stereocenters. The molecule has 1 aromatic carbocycles. The molecule has 0 aliphatic rings. The van der Waals surface area contributed by atoms with E-state index in [1.807, 2.05) is 0 Å². The molecule has 0 saturated heterocycles. The SMILES string of the molecule is CCC(CNS(=O)(=O)c1ccccc1C)C(=O)O. The number of hydrogen-bond donors (Lipinski definition) is 2. The lowest BCUT2D eigenvalue weighted by Gasteiger charge is -2.12. The molecular weight excluding hydrogens is 254 g/mol. The Hall–Kier alpha value is -1.40. The van der Waals surface area contributed by atoms with Crippen LogP contribution in [0.25, 0.3) is 0 Å². The number of carboxylic acid groups (broad SMARTS) is 1. The van der Waals surface area contributed by atoms with Crippen LogP contribution in [0.5, 0.6) is 0 Å². The number of benzene rings is 1. The lowest BCUT2D eigenvalue weighted by Crippen LogP contribution is -2.33. The van der Waals surface area contributed by atoms with E-state index in [0.29, 0.717) is 12.0 Å². The summed E-state index contributed by atoms with van der Waals surface area (Å²) in [6, 6.07) is 6.58. The Balaban J connectivity index is 2.84.